The van der Waals surface area contributed by atoms with Crippen LogP contribution in [0.4, 0.5) is 4.79 Å². The predicted molar refractivity (Wildman–Crippen MR) is 100 cm³/mol. The van der Waals surface area contributed by atoms with E-state index in [1.54, 1.807) is 0 Å². The number of carbonyl (C=O) groups excluding carboxylic acids is 1. The highest BCUT2D eigenvalue weighted by Gasteiger charge is 2.46. The molecule has 5 nitrogen and oxygen atoms in total. The fraction of sp³-hybridized carbons (Fsp3) is 0.550. The molecule has 25 heavy (non-hydrogen) atoms. The van der Waals surface area contributed by atoms with Crippen molar-refractivity contribution >= 4 is 12.2 Å². The molecule has 0 N–H and O–H groups in total. The third kappa shape index (κ3) is 4.83. The van der Waals surface area contributed by atoms with E-state index < -0.39 is 0 Å². The molecule has 0 unspecified atom stereocenters. The van der Waals surface area contributed by atoms with Gasteiger partial charge in [-0.1, -0.05) is 42.5 Å². The standard InChI is InChI=1S/C20H29N3O2/c1-21(2)15-16-23-17-20(25-19(23)24)10-13-22(14-11-20)12-6-9-18-7-4-3-5-8-18/h3-9H,10-17H2,1-2H3/b9-6+. The molecule has 3 rings (SSSR count). The van der Waals surface area contributed by atoms with Gasteiger partial charge < -0.3 is 14.5 Å². The summed E-state index contributed by atoms with van der Waals surface area (Å²) in [5.74, 6) is 0. The van der Waals surface area contributed by atoms with Crippen LogP contribution in [-0.2, 0) is 4.74 Å². The van der Waals surface area contributed by atoms with E-state index in [9.17, 15) is 4.79 Å². The van der Waals surface area contributed by atoms with Crippen molar-refractivity contribution in [1.82, 2.24) is 14.7 Å². The molecule has 5 heteroatoms. The van der Waals surface area contributed by atoms with Gasteiger partial charge in [0.25, 0.3) is 0 Å². The van der Waals surface area contributed by atoms with Crippen LogP contribution in [0.1, 0.15) is 18.4 Å². The molecule has 0 aromatic heterocycles. The summed E-state index contributed by atoms with van der Waals surface area (Å²) in [6, 6.07) is 10.4. The minimum atomic E-state index is -0.261. The maximum Gasteiger partial charge on any atom is 0.410 e. The molecular formula is C20H29N3O2. The van der Waals surface area contributed by atoms with Crippen LogP contribution in [0, 0.1) is 0 Å². The van der Waals surface area contributed by atoms with Gasteiger partial charge in [-0.2, -0.15) is 0 Å². The van der Waals surface area contributed by atoms with E-state index in [0.717, 1.165) is 52.1 Å². The van der Waals surface area contributed by atoms with Gasteiger partial charge in [0, 0.05) is 45.6 Å². The predicted octanol–water partition coefficient (Wildman–Crippen LogP) is 2.55. The van der Waals surface area contributed by atoms with E-state index in [-0.39, 0.29) is 11.7 Å². The van der Waals surface area contributed by atoms with Crippen molar-refractivity contribution in [3.63, 3.8) is 0 Å². The zero-order valence-electron chi connectivity index (χ0n) is 15.4. The molecule has 1 spiro atoms. The highest BCUT2D eigenvalue weighted by Crippen LogP contribution is 2.33. The summed E-state index contributed by atoms with van der Waals surface area (Å²) in [6.45, 7) is 5.27. The highest BCUT2D eigenvalue weighted by molar-refractivity contribution is 5.70. The molecule has 0 radical (unpaired) electrons. The first-order valence-corrected chi connectivity index (χ1v) is 9.13. The van der Waals surface area contributed by atoms with E-state index in [1.807, 2.05) is 25.1 Å². The normalized spacial score (nSPS) is 20.8. The lowest BCUT2D eigenvalue weighted by molar-refractivity contribution is 0.00339. The van der Waals surface area contributed by atoms with Crippen molar-refractivity contribution in [2.24, 2.45) is 0 Å². The number of hydrogen-bond acceptors (Lipinski definition) is 4. The zero-order valence-corrected chi connectivity index (χ0v) is 15.4. The fourth-order valence-corrected chi connectivity index (χ4v) is 3.49. The zero-order chi connectivity index (χ0) is 17.7. The summed E-state index contributed by atoms with van der Waals surface area (Å²) in [6.07, 6.45) is 6.10. The lowest BCUT2D eigenvalue weighted by atomic mass is 9.91. The third-order valence-electron chi connectivity index (χ3n) is 5.10. The van der Waals surface area contributed by atoms with Crippen molar-refractivity contribution < 1.29 is 9.53 Å². The summed E-state index contributed by atoms with van der Waals surface area (Å²) < 4.78 is 5.78. The van der Waals surface area contributed by atoms with Gasteiger partial charge in [0.2, 0.25) is 0 Å². The van der Waals surface area contributed by atoms with Gasteiger partial charge in [0.1, 0.15) is 5.60 Å². The Hall–Kier alpha value is -1.85. The van der Waals surface area contributed by atoms with Gasteiger partial charge in [0.05, 0.1) is 6.54 Å². The Bertz CT molecular complexity index is 592. The van der Waals surface area contributed by atoms with Crippen LogP contribution < -0.4 is 0 Å². The number of rotatable bonds is 6. The molecule has 0 bridgehead atoms. The Morgan fingerprint density at radius 2 is 1.92 bits per heavy atom. The second-order valence-electron chi connectivity index (χ2n) is 7.39. The van der Waals surface area contributed by atoms with Gasteiger partial charge >= 0.3 is 6.09 Å². The second-order valence-corrected chi connectivity index (χ2v) is 7.39. The summed E-state index contributed by atoms with van der Waals surface area (Å²) in [5.41, 5.74) is 0.973. The summed E-state index contributed by atoms with van der Waals surface area (Å²) >= 11 is 0. The van der Waals surface area contributed by atoms with Crippen molar-refractivity contribution in [3.8, 4) is 0 Å². The molecule has 2 aliphatic rings. The van der Waals surface area contributed by atoms with Gasteiger partial charge in [-0.15, -0.1) is 0 Å². The van der Waals surface area contributed by atoms with Gasteiger partial charge in [-0.3, -0.25) is 4.90 Å². The Kier molecular flexibility index (Phi) is 5.76. The quantitative estimate of drug-likeness (QED) is 0.795. The lowest BCUT2D eigenvalue weighted by Crippen LogP contribution is -2.47. The van der Waals surface area contributed by atoms with Crippen molar-refractivity contribution in [2.45, 2.75) is 18.4 Å². The molecule has 1 aromatic carbocycles. The van der Waals surface area contributed by atoms with Gasteiger partial charge in [-0.05, 0) is 19.7 Å². The number of likely N-dealkylation sites (N-methyl/N-ethyl adjacent to an activating group) is 1. The molecule has 2 fully saturated rings. The molecule has 2 saturated heterocycles. The number of nitrogens with zero attached hydrogens (tertiary/aromatic N) is 3. The van der Waals surface area contributed by atoms with Crippen LogP contribution in [0.3, 0.4) is 0 Å². The van der Waals surface area contributed by atoms with E-state index in [2.05, 4.69) is 46.2 Å². The minimum absolute atomic E-state index is 0.140. The van der Waals surface area contributed by atoms with Crippen LogP contribution in [0.5, 0.6) is 0 Å². The van der Waals surface area contributed by atoms with Crippen molar-refractivity contribution in [3.05, 3.63) is 42.0 Å². The van der Waals surface area contributed by atoms with Crippen molar-refractivity contribution in [1.29, 1.82) is 0 Å². The van der Waals surface area contributed by atoms with Gasteiger partial charge in [-0.25, -0.2) is 4.79 Å². The largest absolute Gasteiger partial charge is 0.441 e. The average Bonchev–Trinajstić information content (AvgIpc) is 2.91. The molecule has 1 amide bonds. The first-order valence-electron chi connectivity index (χ1n) is 9.13. The monoisotopic (exact) mass is 343 g/mol. The minimum Gasteiger partial charge on any atom is -0.441 e. The molecule has 2 aliphatic heterocycles. The first-order chi connectivity index (χ1) is 12.1. The first kappa shape index (κ1) is 18.0. The number of hydrogen-bond donors (Lipinski definition) is 0. The van der Waals surface area contributed by atoms with E-state index in [0.29, 0.717) is 0 Å². The maximum absolute atomic E-state index is 12.1. The molecule has 0 aliphatic carbocycles. The summed E-state index contributed by atoms with van der Waals surface area (Å²) in [4.78, 5) is 18.5. The smallest absolute Gasteiger partial charge is 0.410 e. The van der Waals surface area contributed by atoms with Crippen LogP contribution >= 0.6 is 0 Å². The van der Waals surface area contributed by atoms with Crippen LogP contribution in [0.2, 0.25) is 0 Å². The number of likely N-dealkylation sites (tertiary alicyclic amines) is 1. The van der Waals surface area contributed by atoms with E-state index in [4.69, 9.17) is 4.74 Å². The molecular weight excluding hydrogens is 314 g/mol. The number of piperidine rings is 1. The Morgan fingerprint density at radius 3 is 2.60 bits per heavy atom. The summed E-state index contributed by atoms with van der Waals surface area (Å²) in [5, 5.41) is 0. The average molecular weight is 343 g/mol. The Balaban J connectivity index is 1.45. The molecule has 2 heterocycles. The van der Waals surface area contributed by atoms with Crippen molar-refractivity contribution in [2.75, 3.05) is 53.4 Å². The van der Waals surface area contributed by atoms with E-state index >= 15 is 0 Å². The molecule has 1 aromatic rings. The highest BCUT2D eigenvalue weighted by atomic mass is 16.6. The topological polar surface area (TPSA) is 36.0 Å². The number of benzene rings is 1. The SMILES string of the molecule is CN(C)CCN1CC2(CCN(C/C=C/c3ccccc3)CC2)OC1=O. The number of amides is 1. The van der Waals surface area contributed by atoms with Crippen LogP contribution in [0.15, 0.2) is 36.4 Å². The Morgan fingerprint density at radius 1 is 1.20 bits per heavy atom. The van der Waals surface area contributed by atoms with Crippen LogP contribution in [-0.4, -0.2) is 79.8 Å². The number of carbonyl (C=O) groups is 1. The molecule has 0 atom stereocenters. The maximum atomic E-state index is 12.1. The second kappa shape index (κ2) is 8.02. The van der Waals surface area contributed by atoms with Crippen LogP contribution in [0.25, 0.3) is 6.08 Å². The fourth-order valence-electron chi connectivity index (χ4n) is 3.49. The molecule has 136 valence electrons. The summed E-state index contributed by atoms with van der Waals surface area (Å²) in [7, 11) is 4.05. The molecule has 0 saturated carbocycles. The van der Waals surface area contributed by atoms with E-state index in [1.165, 1.54) is 5.56 Å². The third-order valence-corrected chi connectivity index (χ3v) is 5.10. The van der Waals surface area contributed by atoms with Gasteiger partial charge in [0.15, 0.2) is 0 Å². The Labute approximate surface area is 150 Å². The lowest BCUT2D eigenvalue weighted by Gasteiger charge is -2.37. The number of ether oxygens (including phenoxy) is 1.